The largest absolute Gasteiger partial charge is 0.332 e. The van der Waals surface area contributed by atoms with E-state index in [9.17, 15) is 9.18 Å². The number of nitriles is 1. The highest BCUT2D eigenvalue weighted by Crippen LogP contribution is 2.37. The Balaban J connectivity index is 1.58. The first-order valence-corrected chi connectivity index (χ1v) is 9.31. The zero-order chi connectivity index (χ0) is 17.6. The highest BCUT2D eigenvalue weighted by Gasteiger charge is 2.42. The molecule has 128 valence electrons. The summed E-state index contributed by atoms with van der Waals surface area (Å²) in [4.78, 5) is 15.6. The Kier molecular flexibility index (Phi) is 4.06. The number of hydrogen-bond acceptors (Lipinski definition) is 4. The number of carbonyl (C=O) groups is 1. The highest BCUT2D eigenvalue weighted by molar-refractivity contribution is 7.12. The molecule has 2 unspecified atom stereocenters. The van der Waals surface area contributed by atoms with E-state index in [-0.39, 0.29) is 29.6 Å². The van der Waals surface area contributed by atoms with Gasteiger partial charge in [0.25, 0.3) is 5.91 Å². The van der Waals surface area contributed by atoms with Gasteiger partial charge < -0.3 is 10.6 Å². The van der Waals surface area contributed by atoms with Crippen LogP contribution in [0.2, 0.25) is 0 Å². The van der Waals surface area contributed by atoms with Crippen LogP contribution in [0, 0.1) is 17.1 Å². The summed E-state index contributed by atoms with van der Waals surface area (Å²) in [6, 6.07) is 8.86. The van der Waals surface area contributed by atoms with E-state index in [2.05, 4.69) is 0 Å². The fourth-order valence-electron chi connectivity index (χ4n) is 4.06. The quantitative estimate of drug-likeness (QED) is 0.896. The number of carbonyl (C=O) groups excluding carboxylic acids is 1. The minimum atomic E-state index is -0.540. The molecule has 2 fully saturated rings. The summed E-state index contributed by atoms with van der Waals surface area (Å²) >= 11 is 1.38. The Labute approximate surface area is 149 Å². The van der Waals surface area contributed by atoms with Crippen molar-refractivity contribution in [3.05, 3.63) is 45.9 Å². The normalized spacial score (nSPS) is 25.0. The molecule has 2 N–H and O–H groups in total. The van der Waals surface area contributed by atoms with Gasteiger partial charge in [0.1, 0.15) is 11.9 Å². The molecule has 4 rings (SSSR count). The Bertz CT molecular complexity index is 858. The number of nitrogens with zero attached hydrogens (tertiary/aromatic N) is 2. The third-order valence-electron chi connectivity index (χ3n) is 5.24. The van der Waals surface area contributed by atoms with E-state index < -0.39 is 5.82 Å². The van der Waals surface area contributed by atoms with Gasteiger partial charge in [-0.05, 0) is 60.4 Å². The van der Waals surface area contributed by atoms with Gasteiger partial charge in [0, 0.05) is 18.1 Å². The van der Waals surface area contributed by atoms with Gasteiger partial charge in [0.05, 0.1) is 10.4 Å². The molecular weight excluding hydrogens is 337 g/mol. The molecule has 2 saturated heterocycles. The Morgan fingerprint density at radius 3 is 2.60 bits per heavy atom. The third kappa shape index (κ3) is 2.84. The van der Waals surface area contributed by atoms with Crippen molar-refractivity contribution >= 4 is 17.2 Å². The topological polar surface area (TPSA) is 70.1 Å². The predicted octanol–water partition coefficient (Wildman–Crippen LogP) is 3.52. The molecule has 4 nitrogen and oxygen atoms in total. The first kappa shape index (κ1) is 16.2. The number of thiophene rings is 1. The number of halogens is 1. The van der Waals surface area contributed by atoms with Gasteiger partial charge in [-0.3, -0.25) is 4.79 Å². The van der Waals surface area contributed by atoms with Gasteiger partial charge >= 0.3 is 0 Å². The van der Waals surface area contributed by atoms with Crippen LogP contribution >= 0.6 is 11.3 Å². The number of benzene rings is 1. The van der Waals surface area contributed by atoms with Crippen molar-refractivity contribution in [1.29, 1.82) is 5.26 Å². The maximum Gasteiger partial charge on any atom is 0.264 e. The lowest BCUT2D eigenvalue weighted by atomic mass is 9.98. The lowest BCUT2D eigenvalue weighted by Crippen LogP contribution is -2.49. The number of piperidine rings is 1. The summed E-state index contributed by atoms with van der Waals surface area (Å²) in [5.41, 5.74) is 7.59. The van der Waals surface area contributed by atoms with Gasteiger partial charge in [0.15, 0.2) is 0 Å². The molecule has 1 aromatic heterocycles. The van der Waals surface area contributed by atoms with Crippen LogP contribution in [0.25, 0.3) is 11.1 Å². The maximum atomic E-state index is 13.8. The van der Waals surface area contributed by atoms with E-state index in [1.54, 1.807) is 6.07 Å². The molecule has 2 bridgehead atoms. The fraction of sp³-hybridized carbons (Fsp3) is 0.368. The van der Waals surface area contributed by atoms with Crippen molar-refractivity contribution in [3.8, 4) is 17.2 Å². The average Bonchev–Trinajstić information content (AvgIpc) is 3.18. The number of fused-ring (bicyclic) bond motifs is 2. The Hall–Kier alpha value is -2.23. The van der Waals surface area contributed by atoms with Crippen LogP contribution in [0.15, 0.2) is 29.6 Å². The van der Waals surface area contributed by atoms with Gasteiger partial charge in [-0.2, -0.15) is 5.26 Å². The highest BCUT2D eigenvalue weighted by atomic mass is 32.1. The summed E-state index contributed by atoms with van der Waals surface area (Å²) in [7, 11) is 0. The molecule has 0 saturated carbocycles. The van der Waals surface area contributed by atoms with Crippen molar-refractivity contribution in [3.63, 3.8) is 0 Å². The number of rotatable bonds is 2. The van der Waals surface area contributed by atoms with Gasteiger partial charge in [-0.25, -0.2) is 4.39 Å². The second-order valence-electron chi connectivity index (χ2n) is 6.83. The Morgan fingerprint density at radius 2 is 1.96 bits per heavy atom. The van der Waals surface area contributed by atoms with E-state index in [1.807, 2.05) is 22.4 Å². The smallest absolute Gasteiger partial charge is 0.264 e. The molecule has 1 aromatic carbocycles. The van der Waals surface area contributed by atoms with Crippen LogP contribution < -0.4 is 5.73 Å². The third-order valence-corrected chi connectivity index (χ3v) is 6.16. The van der Waals surface area contributed by atoms with Gasteiger partial charge in [0.2, 0.25) is 0 Å². The number of amides is 1. The van der Waals surface area contributed by atoms with Crippen LogP contribution in [-0.2, 0) is 0 Å². The monoisotopic (exact) mass is 355 g/mol. The van der Waals surface area contributed by atoms with Crippen LogP contribution in [-0.4, -0.2) is 28.9 Å². The lowest BCUT2D eigenvalue weighted by molar-refractivity contribution is 0.0580. The summed E-state index contributed by atoms with van der Waals surface area (Å²) in [6.07, 6.45) is 3.81. The molecule has 3 heterocycles. The number of hydrogen-bond donors (Lipinski definition) is 1. The molecule has 0 aliphatic carbocycles. The second kappa shape index (κ2) is 6.25. The zero-order valence-electron chi connectivity index (χ0n) is 13.6. The van der Waals surface area contributed by atoms with Crippen molar-refractivity contribution < 1.29 is 9.18 Å². The molecule has 2 aliphatic rings. The fourth-order valence-corrected chi connectivity index (χ4v) is 4.92. The number of nitrogens with two attached hydrogens (primary N) is 1. The SMILES string of the molecule is N#Cc1ccc(-c2csc(C(=O)N3C4CCC3CC(N)C4)c2)cc1F. The minimum absolute atomic E-state index is 0.0245. The van der Waals surface area contributed by atoms with Crippen molar-refractivity contribution in [2.24, 2.45) is 5.73 Å². The Morgan fingerprint density at radius 1 is 1.24 bits per heavy atom. The first-order valence-electron chi connectivity index (χ1n) is 8.43. The van der Waals surface area contributed by atoms with Crippen molar-refractivity contribution in [2.75, 3.05) is 0 Å². The molecule has 2 atom stereocenters. The van der Waals surface area contributed by atoms with Crippen LogP contribution in [0.3, 0.4) is 0 Å². The van der Waals surface area contributed by atoms with Crippen LogP contribution in [0.1, 0.15) is 40.9 Å². The molecule has 0 radical (unpaired) electrons. The predicted molar refractivity (Wildman–Crippen MR) is 94.6 cm³/mol. The standard InChI is InChI=1S/C19H18FN3OS/c20-17-5-11(1-2-12(17)9-21)13-6-18(25-10-13)19(24)23-15-3-4-16(23)8-14(22)7-15/h1-2,5-6,10,14-16H,3-4,7-8,22H2. The summed E-state index contributed by atoms with van der Waals surface area (Å²) in [6.45, 7) is 0. The van der Waals surface area contributed by atoms with E-state index in [0.29, 0.717) is 10.4 Å². The van der Waals surface area contributed by atoms with Gasteiger partial charge in [-0.15, -0.1) is 11.3 Å². The summed E-state index contributed by atoms with van der Waals surface area (Å²) in [5.74, 6) is -0.480. The van der Waals surface area contributed by atoms with E-state index in [0.717, 1.165) is 31.2 Å². The first-order chi connectivity index (χ1) is 12.1. The maximum absolute atomic E-state index is 13.8. The van der Waals surface area contributed by atoms with Crippen LogP contribution in [0.5, 0.6) is 0 Å². The molecule has 6 heteroatoms. The summed E-state index contributed by atoms with van der Waals surface area (Å²) < 4.78 is 13.8. The van der Waals surface area contributed by atoms with Crippen molar-refractivity contribution in [2.45, 2.75) is 43.8 Å². The van der Waals surface area contributed by atoms with Crippen LogP contribution in [0.4, 0.5) is 4.39 Å². The summed E-state index contributed by atoms with van der Waals surface area (Å²) in [5, 5.41) is 10.7. The molecule has 25 heavy (non-hydrogen) atoms. The second-order valence-corrected chi connectivity index (χ2v) is 7.75. The van der Waals surface area contributed by atoms with E-state index >= 15 is 0 Å². The van der Waals surface area contributed by atoms with Crippen molar-refractivity contribution in [1.82, 2.24) is 4.90 Å². The lowest BCUT2D eigenvalue weighted by Gasteiger charge is -2.37. The van der Waals surface area contributed by atoms with Gasteiger partial charge in [-0.1, -0.05) is 6.07 Å². The molecule has 1 amide bonds. The molecule has 2 aromatic rings. The van der Waals surface area contributed by atoms with E-state index in [1.165, 1.54) is 23.5 Å². The average molecular weight is 355 g/mol. The minimum Gasteiger partial charge on any atom is -0.332 e. The molecular formula is C19H18FN3OS. The molecule has 0 spiro atoms. The molecule has 2 aliphatic heterocycles. The zero-order valence-corrected chi connectivity index (χ0v) is 14.4. The van der Waals surface area contributed by atoms with E-state index in [4.69, 9.17) is 11.0 Å².